The maximum atomic E-state index is 12.5. The van der Waals surface area contributed by atoms with Crippen LogP contribution in [0.2, 0.25) is 0 Å². The van der Waals surface area contributed by atoms with E-state index in [1.165, 1.54) is 11.3 Å². The number of aryl methyl sites for hydroxylation is 1. The number of nitrogens with two attached hydrogens (primary N) is 1. The zero-order valence-corrected chi connectivity index (χ0v) is 14.4. The highest BCUT2D eigenvalue weighted by Gasteiger charge is 2.25. The molecule has 5 heteroatoms. The fourth-order valence-corrected chi connectivity index (χ4v) is 3.20. The molecule has 1 aliphatic rings. The van der Waals surface area contributed by atoms with Crippen LogP contribution in [0.15, 0.2) is 48.5 Å². The Morgan fingerprint density at radius 3 is 2.32 bits per heavy atom. The molecule has 0 aliphatic carbocycles. The van der Waals surface area contributed by atoms with Crippen LogP contribution in [0.4, 0.5) is 11.4 Å². The molecule has 3 rings (SSSR count). The molecule has 0 bridgehead atoms. The van der Waals surface area contributed by atoms with Crippen molar-refractivity contribution in [3.8, 4) is 0 Å². The first-order chi connectivity index (χ1) is 12.0. The molecular formula is C20H23N3O2. The lowest BCUT2D eigenvalue weighted by Crippen LogP contribution is -2.38. The van der Waals surface area contributed by atoms with Gasteiger partial charge in [-0.05, 0) is 44.0 Å². The third-order valence-electron chi connectivity index (χ3n) is 4.72. The standard InChI is InChI=1S/C20H23N3O2/c1-14-6-8-16(9-7-14)23-12-10-15(11-13-23)20(25)22-18-5-3-2-4-17(18)19(21)24/h2-9,15H,10-13H2,1H3,(H2,21,24)(H,22,25). The van der Waals surface area contributed by atoms with Crippen LogP contribution in [0.1, 0.15) is 28.8 Å². The summed E-state index contributed by atoms with van der Waals surface area (Å²) < 4.78 is 0. The van der Waals surface area contributed by atoms with Gasteiger partial charge in [0, 0.05) is 24.7 Å². The third kappa shape index (κ3) is 3.99. The summed E-state index contributed by atoms with van der Waals surface area (Å²) >= 11 is 0. The Labute approximate surface area is 147 Å². The van der Waals surface area contributed by atoms with Crippen LogP contribution in [0.5, 0.6) is 0 Å². The molecule has 0 aromatic heterocycles. The summed E-state index contributed by atoms with van der Waals surface area (Å²) in [5, 5.41) is 2.87. The van der Waals surface area contributed by atoms with E-state index in [9.17, 15) is 9.59 Å². The maximum Gasteiger partial charge on any atom is 0.250 e. The smallest absolute Gasteiger partial charge is 0.250 e. The monoisotopic (exact) mass is 337 g/mol. The second-order valence-electron chi connectivity index (χ2n) is 6.50. The number of hydrogen-bond acceptors (Lipinski definition) is 3. The van der Waals surface area contributed by atoms with Crippen molar-refractivity contribution in [1.29, 1.82) is 0 Å². The fourth-order valence-electron chi connectivity index (χ4n) is 3.20. The van der Waals surface area contributed by atoms with Gasteiger partial charge in [-0.2, -0.15) is 0 Å². The molecule has 5 nitrogen and oxygen atoms in total. The van der Waals surface area contributed by atoms with Crippen LogP contribution >= 0.6 is 0 Å². The van der Waals surface area contributed by atoms with Crippen LogP contribution in [0.25, 0.3) is 0 Å². The number of para-hydroxylation sites is 1. The van der Waals surface area contributed by atoms with Crippen molar-refractivity contribution >= 4 is 23.2 Å². The number of primary amides is 1. The maximum absolute atomic E-state index is 12.5. The zero-order chi connectivity index (χ0) is 17.8. The van der Waals surface area contributed by atoms with E-state index in [1.54, 1.807) is 24.3 Å². The molecule has 130 valence electrons. The van der Waals surface area contributed by atoms with Crippen LogP contribution in [0, 0.1) is 12.8 Å². The van der Waals surface area contributed by atoms with Gasteiger partial charge in [0.05, 0.1) is 11.3 Å². The fraction of sp³-hybridized carbons (Fsp3) is 0.300. The number of nitrogens with zero attached hydrogens (tertiary/aromatic N) is 1. The quantitative estimate of drug-likeness (QED) is 0.900. The summed E-state index contributed by atoms with van der Waals surface area (Å²) in [6.45, 7) is 3.77. The van der Waals surface area contributed by atoms with Crippen molar-refractivity contribution in [2.24, 2.45) is 11.7 Å². The van der Waals surface area contributed by atoms with Gasteiger partial charge in [-0.25, -0.2) is 0 Å². The molecule has 0 unspecified atom stereocenters. The number of amides is 2. The Kier molecular flexibility index (Phi) is 5.03. The van der Waals surface area contributed by atoms with Gasteiger partial charge in [0.25, 0.3) is 5.91 Å². The second-order valence-corrected chi connectivity index (χ2v) is 6.50. The number of piperidine rings is 1. The normalized spacial score (nSPS) is 15.0. The molecule has 1 fully saturated rings. The molecule has 0 atom stereocenters. The average Bonchev–Trinajstić information content (AvgIpc) is 2.63. The Morgan fingerprint density at radius 1 is 1.04 bits per heavy atom. The second kappa shape index (κ2) is 7.38. The Balaban J connectivity index is 1.60. The van der Waals surface area contributed by atoms with E-state index in [2.05, 4.69) is 41.4 Å². The average molecular weight is 337 g/mol. The molecule has 0 spiro atoms. The highest BCUT2D eigenvalue weighted by Crippen LogP contribution is 2.25. The van der Waals surface area contributed by atoms with Crippen LogP contribution in [-0.4, -0.2) is 24.9 Å². The van der Waals surface area contributed by atoms with Gasteiger partial charge in [0.1, 0.15) is 0 Å². The molecule has 2 aromatic rings. The number of hydrogen-bond donors (Lipinski definition) is 2. The SMILES string of the molecule is Cc1ccc(N2CCC(C(=O)Nc3ccccc3C(N)=O)CC2)cc1. The summed E-state index contributed by atoms with van der Waals surface area (Å²) in [4.78, 5) is 26.3. The number of benzene rings is 2. The summed E-state index contributed by atoms with van der Waals surface area (Å²) in [5.74, 6) is -0.634. The van der Waals surface area contributed by atoms with Crippen molar-refractivity contribution in [2.75, 3.05) is 23.3 Å². The van der Waals surface area contributed by atoms with E-state index < -0.39 is 5.91 Å². The minimum atomic E-state index is -0.537. The highest BCUT2D eigenvalue weighted by molar-refractivity contribution is 6.03. The molecule has 25 heavy (non-hydrogen) atoms. The predicted octanol–water partition coefficient (Wildman–Crippen LogP) is 2.95. The van der Waals surface area contributed by atoms with E-state index in [4.69, 9.17) is 5.73 Å². The molecule has 2 amide bonds. The van der Waals surface area contributed by atoms with Crippen molar-refractivity contribution in [3.05, 3.63) is 59.7 Å². The summed E-state index contributed by atoms with van der Waals surface area (Å²) in [6.07, 6.45) is 1.58. The number of carbonyl (C=O) groups excluding carboxylic acids is 2. The summed E-state index contributed by atoms with van der Waals surface area (Å²) in [7, 11) is 0. The van der Waals surface area contributed by atoms with Gasteiger partial charge in [-0.3, -0.25) is 9.59 Å². The molecule has 1 aliphatic heterocycles. The van der Waals surface area contributed by atoms with Gasteiger partial charge < -0.3 is 16.0 Å². The Morgan fingerprint density at radius 2 is 1.68 bits per heavy atom. The molecular weight excluding hydrogens is 314 g/mol. The first-order valence-electron chi connectivity index (χ1n) is 8.56. The van der Waals surface area contributed by atoms with Crippen molar-refractivity contribution in [2.45, 2.75) is 19.8 Å². The lowest BCUT2D eigenvalue weighted by atomic mass is 9.95. The van der Waals surface area contributed by atoms with E-state index >= 15 is 0 Å². The lowest BCUT2D eigenvalue weighted by Gasteiger charge is -2.33. The van der Waals surface area contributed by atoms with Crippen LogP contribution in [-0.2, 0) is 4.79 Å². The number of rotatable bonds is 4. The molecule has 0 radical (unpaired) electrons. The molecule has 1 saturated heterocycles. The summed E-state index contributed by atoms with van der Waals surface area (Å²) in [5.41, 5.74) is 8.63. The third-order valence-corrected chi connectivity index (χ3v) is 4.72. The molecule has 3 N–H and O–H groups in total. The topological polar surface area (TPSA) is 75.4 Å². The summed E-state index contributed by atoms with van der Waals surface area (Å²) in [6, 6.07) is 15.3. The number of anilines is 2. The van der Waals surface area contributed by atoms with Crippen molar-refractivity contribution < 1.29 is 9.59 Å². The minimum Gasteiger partial charge on any atom is -0.371 e. The number of nitrogens with one attached hydrogen (secondary N) is 1. The van der Waals surface area contributed by atoms with Crippen molar-refractivity contribution in [1.82, 2.24) is 0 Å². The van der Waals surface area contributed by atoms with E-state index in [-0.39, 0.29) is 11.8 Å². The molecule has 2 aromatic carbocycles. The first kappa shape index (κ1) is 17.0. The van der Waals surface area contributed by atoms with Gasteiger partial charge in [0.15, 0.2) is 0 Å². The van der Waals surface area contributed by atoms with E-state index in [1.807, 2.05) is 0 Å². The molecule has 0 saturated carbocycles. The lowest BCUT2D eigenvalue weighted by molar-refractivity contribution is -0.120. The number of carbonyl (C=O) groups is 2. The highest BCUT2D eigenvalue weighted by atomic mass is 16.2. The van der Waals surface area contributed by atoms with Crippen LogP contribution < -0.4 is 16.0 Å². The van der Waals surface area contributed by atoms with Gasteiger partial charge in [-0.15, -0.1) is 0 Å². The minimum absolute atomic E-state index is 0.0442. The van der Waals surface area contributed by atoms with Crippen molar-refractivity contribution in [3.63, 3.8) is 0 Å². The predicted molar refractivity (Wildman–Crippen MR) is 99.7 cm³/mol. The molecule has 1 heterocycles. The first-order valence-corrected chi connectivity index (χ1v) is 8.56. The van der Waals surface area contributed by atoms with E-state index in [0.717, 1.165) is 25.9 Å². The largest absolute Gasteiger partial charge is 0.371 e. The Bertz CT molecular complexity index is 763. The van der Waals surface area contributed by atoms with Gasteiger partial charge in [0.2, 0.25) is 5.91 Å². The zero-order valence-electron chi connectivity index (χ0n) is 14.4. The van der Waals surface area contributed by atoms with E-state index in [0.29, 0.717) is 11.3 Å². The Hall–Kier alpha value is -2.82. The van der Waals surface area contributed by atoms with Gasteiger partial charge >= 0.3 is 0 Å². The van der Waals surface area contributed by atoms with Gasteiger partial charge in [-0.1, -0.05) is 29.8 Å². The van der Waals surface area contributed by atoms with Crippen LogP contribution in [0.3, 0.4) is 0 Å².